The number of alkyl halides is 3. The summed E-state index contributed by atoms with van der Waals surface area (Å²) in [4.78, 5) is 11.4. The maximum atomic E-state index is 12.5. The molecule has 0 aromatic heterocycles. The zero-order chi connectivity index (χ0) is 17.7. The van der Waals surface area contributed by atoms with E-state index in [1.807, 2.05) is 19.6 Å². The summed E-state index contributed by atoms with van der Waals surface area (Å²) >= 11 is 0. The van der Waals surface area contributed by atoms with Gasteiger partial charge < -0.3 is 9.47 Å². The van der Waals surface area contributed by atoms with Crippen LogP contribution in [0, 0.1) is 11.5 Å². The smallest absolute Gasteiger partial charge is 0.450 e. The van der Waals surface area contributed by atoms with Crippen molar-refractivity contribution in [3.8, 4) is 17.2 Å². The molecule has 0 aliphatic carbocycles. The molecule has 0 bridgehead atoms. The Balaban J connectivity index is 3.14. The second kappa shape index (κ2) is 7.42. The fourth-order valence-corrected chi connectivity index (χ4v) is 1.97. The molecule has 0 aliphatic heterocycles. The van der Waals surface area contributed by atoms with Crippen LogP contribution >= 0.6 is 0 Å². The number of ether oxygens (including phenoxy) is 2. The van der Waals surface area contributed by atoms with Gasteiger partial charge >= 0.3 is 12.5 Å². The molecule has 0 spiro atoms. The molecule has 0 radical (unpaired) electrons. The van der Waals surface area contributed by atoms with Crippen molar-refractivity contribution < 1.29 is 27.4 Å². The molecule has 0 aliphatic rings. The number of nitrogens with one attached hydrogen (secondary N) is 1. The Morgan fingerprint density at radius 2 is 1.96 bits per heavy atom. The van der Waals surface area contributed by atoms with Gasteiger partial charge in [0.05, 0.1) is 12.3 Å². The summed E-state index contributed by atoms with van der Waals surface area (Å²) in [5, 5.41) is 2.21. The van der Waals surface area contributed by atoms with Crippen LogP contribution in [-0.2, 0) is 4.74 Å². The average Bonchev–Trinajstić information content (AvgIpc) is 2.36. The van der Waals surface area contributed by atoms with E-state index >= 15 is 0 Å². The van der Waals surface area contributed by atoms with Gasteiger partial charge in [-0.25, -0.2) is 4.79 Å². The maximum absolute atomic E-state index is 12.5. The summed E-state index contributed by atoms with van der Waals surface area (Å²) in [6, 6.07) is 3.95. The molecule has 0 saturated carbocycles. The second-order valence-electron chi connectivity index (χ2n) is 5.60. The zero-order valence-electron chi connectivity index (χ0n) is 13.3. The van der Waals surface area contributed by atoms with E-state index in [1.165, 1.54) is 12.1 Å². The highest BCUT2D eigenvalue weighted by Gasteiger charge is 2.32. The summed E-state index contributed by atoms with van der Waals surface area (Å²) < 4.78 is 46.2. The molecular weight excluding hydrogens is 327 g/mol. The lowest BCUT2D eigenvalue weighted by atomic mass is 10.2. The number of carbonyl (C=O) groups is 1. The van der Waals surface area contributed by atoms with Crippen LogP contribution in [0.15, 0.2) is 18.2 Å². The number of carbonyl (C=O) groups excluding carboxylic acids is 1. The summed E-state index contributed by atoms with van der Waals surface area (Å²) in [5.41, 5.74) is 3.29. The summed E-state index contributed by atoms with van der Waals surface area (Å²) in [6.45, 7) is 7.74. The van der Waals surface area contributed by atoms with E-state index in [-0.39, 0.29) is 12.3 Å². The molecule has 1 rings (SSSR count). The lowest BCUT2D eigenvalue weighted by Crippen LogP contribution is -2.20. The van der Waals surface area contributed by atoms with E-state index in [9.17, 15) is 18.0 Å². The maximum Gasteiger partial charge on any atom is 0.573 e. The summed E-state index contributed by atoms with van der Waals surface area (Å²) in [7, 11) is -1.67. The summed E-state index contributed by atoms with van der Waals surface area (Å²) in [6.07, 6.45) is -5.74. The van der Waals surface area contributed by atoms with E-state index < -0.39 is 26.3 Å². The van der Waals surface area contributed by atoms with E-state index in [0.29, 0.717) is 5.56 Å². The molecule has 1 aromatic carbocycles. The molecule has 0 heterocycles. The van der Waals surface area contributed by atoms with Crippen molar-refractivity contribution in [3.63, 3.8) is 0 Å². The van der Waals surface area contributed by atoms with Crippen LogP contribution in [0.1, 0.15) is 12.5 Å². The molecule has 1 N–H and O–H groups in total. The van der Waals surface area contributed by atoms with Gasteiger partial charge in [-0.1, -0.05) is 25.6 Å². The number of hydrogen-bond donors (Lipinski definition) is 1. The van der Waals surface area contributed by atoms with E-state index in [1.54, 1.807) is 6.92 Å². The van der Waals surface area contributed by atoms with Crippen molar-refractivity contribution in [1.29, 1.82) is 0 Å². The Labute approximate surface area is 134 Å². The molecule has 8 heteroatoms. The molecule has 1 aromatic rings. The van der Waals surface area contributed by atoms with Crippen molar-refractivity contribution >= 4 is 19.9 Å². The number of halogens is 3. The molecular formula is C15H18F3NO3Si. The third kappa shape index (κ3) is 7.60. The minimum absolute atomic E-state index is 0.0983. The van der Waals surface area contributed by atoms with Crippen LogP contribution in [0.4, 0.5) is 23.7 Å². The Morgan fingerprint density at radius 1 is 1.30 bits per heavy atom. The molecule has 0 atom stereocenters. The zero-order valence-corrected chi connectivity index (χ0v) is 14.3. The highest BCUT2D eigenvalue weighted by molar-refractivity contribution is 6.83. The number of anilines is 1. The molecule has 0 unspecified atom stereocenters. The fraction of sp³-hybridized carbons (Fsp3) is 0.400. The van der Waals surface area contributed by atoms with Gasteiger partial charge in [0.25, 0.3) is 0 Å². The quantitative estimate of drug-likeness (QED) is 0.653. The summed E-state index contributed by atoms with van der Waals surface area (Å²) in [5.74, 6) is 2.30. The third-order valence-electron chi connectivity index (χ3n) is 2.30. The monoisotopic (exact) mass is 345 g/mol. The highest BCUT2D eigenvalue weighted by atomic mass is 28.3. The molecule has 0 saturated heterocycles. The normalized spacial score (nSPS) is 11.3. The first-order valence-corrected chi connectivity index (χ1v) is 10.4. The Bertz CT molecular complexity index is 628. The lowest BCUT2D eigenvalue weighted by Gasteiger charge is -2.14. The Morgan fingerprint density at radius 3 is 2.48 bits per heavy atom. The van der Waals surface area contributed by atoms with Crippen molar-refractivity contribution in [2.75, 3.05) is 11.9 Å². The van der Waals surface area contributed by atoms with Crippen LogP contribution in [0.2, 0.25) is 19.6 Å². The minimum Gasteiger partial charge on any atom is -0.450 e. The van der Waals surface area contributed by atoms with Gasteiger partial charge in [-0.3, -0.25) is 5.32 Å². The standard InChI is InChI=1S/C15H18F3NO3Si/c1-5-21-14(20)19-12-7-6-11(8-9-23(2,3)4)10-13(12)22-15(16,17)18/h6-7,10H,5H2,1-4H3,(H,19,20). The van der Waals surface area contributed by atoms with Gasteiger partial charge in [-0.15, -0.1) is 18.7 Å². The Hall–Kier alpha value is -2.14. The fourth-order valence-electron chi connectivity index (χ4n) is 1.45. The van der Waals surface area contributed by atoms with Gasteiger partial charge in [-0.05, 0) is 25.1 Å². The van der Waals surface area contributed by atoms with Gasteiger partial charge in [0.2, 0.25) is 0 Å². The van der Waals surface area contributed by atoms with Crippen molar-refractivity contribution in [1.82, 2.24) is 0 Å². The Kier molecular flexibility index (Phi) is 6.10. The molecule has 4 nitrogen and oxygen atoms in total. The second-order valence-corrected chi connectivity index (χ2v) is 10.4. The van der Waals surface area contributed by atoms with Crippen LogP contribution in [0.25, 0.3) is 0 Å². The first kappa shape index (κ1) is 18.9. The topological polar surface area (TPSA) is 47.6 Å². The number of amides is 1. The van der Waals surface area contributed by atoms with Crippen molar-refractivity contribution in [3.05, 3.63) is 23.8 Å². The third-order valence-corrected chi connectivity index (χ3v) is 3.18. The van der Waals surface area contributed by atoms with Gasteiger partial charge in [0.1, 0.15) is 8.07 Å². The van der Waals surface area contributed by atoms with Gasteiger partial charge in [0.15, 0.2) is 5.75 Å². The predicted molar refractivity (Wildman–Crippen MR) is 84.0 cm³/mol. The number of benzene rings is 1. The van der Waals surface area contributed by atoms with Crippen LogP contribution < -0.4 is 10.1 Å². The number of hydrogen-bond acceptors (Lipinski definition) is 3. The SMILES string of the molecule is CCOC(=O)Nc1ccc(C#C[Si](C)(C)C)cc1OC(F)(F)F. The number of rotatable bonds is 3. The minimum atomic E-state index is -4.88. The van der Waals surface area contributed by atoms with E-state index in [4.69, 9.17) is 0 Å². The lowest BCUT2D eigenvalue weighted by molar-refractivity contribution is -0.274. The van der Waals surface area contributed by atoms with Crippen LogP contribution in [0.5, 0.6) is 5.75 Å². The van der Waals surface area contributed by atoms with Gasteiger partial charge in [0, 0.05) is 5.56 Å². The highest BCUT2D eigenvalue weighted by Crippen LogP contribution is 2.31. The molecule has 23 heavy (non-hydrogen) atoms. The first-order valence-electron chi connectivity index (χ1n) is 6.87. The molecule has 1 amide bonds. The first-order chi connectivity index (χ1) is 10.5. The molecule has 0 fully saturated rings. The largest absolute Gasteiger partial charge is 0.573 e. The van der Waals surface area contributed by atoms with Crippen LogP contribution in [0.3, 0.4) is 0 Å². The molecule has 126 valence electrons. The van der Waals surface area contributed by atoms with E-state index in [0.717, 1.165) is 6.07 Å². The average molecular weight is 345 g/mol. The van der Waals surface area contributed by atoms with E-state index in [2.05, 4.69) is 26.3 Å². The predicted octanol–water partition coefficient (Wildman–Crippen LogP) is 4.38. The van der Waals surface area contributed by atoms with Crippen molar-refractivity contribution in [2.24, 2.45) is 0 Å². The van der Waals surface area contributed by atoms with Crippen molar-refractivity contribution in [2.45, 2.75) is 32.9 Å². The van der Waals surface area contributed by atoms with Gasteiger partial charge in [-0.2, -0.15) is 0 Å². The van der Waals surface area contributed by atoms with Crippen LogP contribution in [-0.4, -0.2) is 27.1 Å².